The number of quaternary nitrogens is 1. The molecular weight excluding hydrogens is 445 g/mol. The zero-order chi connectivity index (χ0) is 25.8. The lowest BCUT2D eigenvalue weighted by Crippen LogP contribution is -2.49. The number of hydrogen-bond acceptors (Lipinski definition) is 2. The van der Waals surface area contributed by atoms with Crippen molar-refractivity contribution in [1.29, 1.82) is 0 Å². The van der Waals surface area contributed by atoms with E-state index in [1.807, 2.05) is 27.2 Å². The highest BCUT2D eigenvalue weighted by molar-refractivity contribution is 7.53. The average Bonchev–Trinajstić information content (AvgIpc) is 2.73. The number of hydrogen-bond donors (Lipinski definition) is 3. The van der Waals surface area contributed by atoms with Gasteiger partial charge in [-0.2, -0.15) is 0 Å². The van der Waals surface area contributed by atoms with Gasteiger partial charge in [-0.15, -0.1) is 0 Å². The molecule has 1 unspecified atom stereocenters. The summed E-state index contributed by atoms with van der Waals surface area (Å²) in [5.74, 6) is 0. The lowest BCUT2D eigenvalue weighted by atomic mass is 10.1. The van der Waals surface area contributed by atoms with Gasteiger partial charge in [0.15, 0.2) is 0 Å². The number of aliphatic hydroxyl groups is 1. The summed E-state index contributed by atoms with van der Waals surface area (Å²) in [6.45, 7) is 2.30. The van der Waals surface area contributed by atoms with Crippen molar-refractivity contribution in [1.82, 2.24) is 0 Å². The lowest BCUT2D eigenvalue weighted by molar-refractivity contribution is -0.875. The Kier molecular flexibility index (Phi) is 19.4. The van der Waals surface area contributed by atoms with Crippen LogP contribution >= 0.6 is 7.60 Å². The first-order chi connectivity index (χ1) is 16.0. The van der Waals surface area contributed by atoms with E-state index in [4.69, 9.17) is 0 Å². The molecule has 202 valence electrons. The van der Waals surface area contributed by atoms with Crippen molar-refractivity contribution in [3.8, 4) is 0 Å². The summed E-state index contributed by atoms with van der Waals surface area (Å²) >= 11 is 0. The first kappa shape index (κ1) is 33.5. The maximum atomic E-state index is 11.8. The van der Waals surface area contributed by atoms with Gasteiger partial charge in [0.2, 0.25) is 5.34 Å². The molecule has 5 nitrogen and oxygen atoms in total. The van der Waals surface area contributed by atoms with Crippen LogP contribution in [0.25, 0.3) is 0 Å². The number of allylic oxidation sites excluding steroid dienone is 4. The molecule has 0 aliphatic heterocycles. The van der Waals surface area contributed by atoms with Gasteiger partial charge in [-0.25, -0.2) is 0 Å². The van der Waals surface area contributed by atoms with E-state index < -0.39 is 12.9 Å². The number of nitrogens with zero attached hydrogens (tertiary/aromatic N) is 1. The van der Waals surface area contributed by atoms with Crippen molar-refractivity contribution >= 4 is 7.60 Å². The van der Waals surface area contributed by atoms with Crippen LogP contribution in [0.2, 0.25) is 0 Å². The molecule has 34 heavy (non-hydrogen) atoms. The Morgan fingerprint density at radius 2 is 1.00 bits per heavy atom. The Morgan fingerprint density at radius 1 is 0.647 bits per heavy atom. The van der Waals surface area contributed by atoms with E-state index in [9.17, 15) is 19.5 Å². The van der Waals surface area contributed by atoms with E-state index in [-0.39, 0.29) is 13.0 Å². The van der Waals surface area contributed by atoms with Gasteiger partial charge in [0.25, 0.3) is 0 Å². The van der Waals surface area contributed by atoms with E-state index in [0.717, 1.165) is 12.8 Å². The number of rotatable bonds is 23. The third kappa shape index (κ3) is 19.8. The molecular formula is C28H57NO4P+. The molecule has 0 saturated carbocycles. The first-order valence-electron chi connectivity index (χ1n) is 13.9. The zero-order valence-corrected chi connectivity index (χ0v) is 23.8. The first-order valence-corrected chi connectivity index (χ1v) is 15.5. The SMILES string of the molecule is CCCCCCCCC/C=C\CCCCCCCC/C=C\CCC(O)(C[N+](C)(C)C)P(=O)(O)O. The van der Waals surface area contributed by atoms with Crippen LogP contribution in [0.15, 0.2) is 24.3 Å². The highest BCUT2D eigenvalue weighted by Gasteiger charge is 2.48. The van der Waals surface area contributed by atoms with Crippen LogP contribution in [-0.4, -0.2) is 52.4 Å². The molecule has 0 aromatic carbocycles. The molecule has 0 fully saturated rings. The summed E-state index contributed by atoms with van der Waals surface area (Å²) in [6.07, 6.45) is 30.0. The third-order valence-corrected chi connectivity index (χ3v) is 7.73. The van der Waals surface area contributed by atoms with E-state index in [0.29, 0.717) is 10.9 Å². The van der Waals surface area contributed by atoms with Crippen LogP contribution < -0.4 is 0 Å². The van der Waals surface area contributed by atoms with Crippen LogP contribution in [0.3, 0.4) is 0 Å². The van der Waals surface area contributed by atoms with Crippen molar-refractivity contribution in [2.75, 3.05) is 27.7 Å². The second-order valence-electron chi connectivity index (χ2n) is 11.1. The van der Waals surface area contributed by atoms with Gasteiger partial charge in [0, 0.05) is 0 Å². The lowest BCUT2D eigenvalue weighted by Gasteiger charge is -2.35. The van der Waals surface area contributed by atoms with Gasteiger partial charge in [0.1, 0.15) is 6.54 Å². The van der Waals surface area contributed by atoms with E-state index in [1.165, 1.54) is 89.9 Å². The van der Waals surface area contributed by atoms with Gasteiger partial charge >= 0.3 is 7.60 Å². The van der Waals surface area contributed by atoms with Crippen molar-refractivity contribution in [3.63, 3.8) is 0 Å². The minimum absolute atomic E-state index is 0.0279. The van der Waals surface area contributed by atoms with Gasteiger partial charge < -0.3 is 19.4 Å². The standard InChI is InChI=1S/C28H56NO4P/c1-5-6-7-8-9-10-11-12-13-14-15-16-17-18-19-20-21-22-23-24-25-26-28(30,34(31,32)33)27-29(2,3)4/h13-14,23-24,30H,5-12,15-22,25-27H2,1-4H3,(H-,31,32,33)/p+1/b14-13-,24-23-. The van der Waals surface area contributed by atoms with Crippen molar-refractivity contribution in [3.05, 3.63) is 24.3 Å². The Bertz CT molecular complexity index is 579. The van der Waals surface area contributed by atoms with Gasteiger partial charge in [-0.3, -0.25) is 4.57 Å². The minimum Gasteiger partial charge on any atom is -0.373 e. The smallest absolute Gasteiger partial charge is 0.362 e. The molecule has 0 bridgehead atoms. The molecule has 0 rings (SSSR count). The molecule has 0 aliphatic carbocycles. The van der Waals surface area contributed by atoms with Crippen molar-refractivity contribution in [2.24, 2.45) is 0 Å². The molecule has 0 radical (unpaired) electrons. The molecule has 0 spiro atoms. The van der Waals surface area contributed by atoms with Crippen LogP contribution in [0.5, 0.6) is 0 Å². The molecule has 1 atom stereocenters. The minimum atomic E-state index is -4.58. The fourth-order valence-corrected chi connectivity index (χ4v) is 5.34. The Morgan fingerprint density at radius 3 is 1.35 bits per heavy atom. The monoisotopic (exact) mass is 502 g/mol. The summed E-state index contributed by atoms with van der Waals surface area (Å²) in [6, 6.07) is 0. The topological polar surface area (TPSA) is 77.8 Å². The Labute approximate surface area is 211 Å². The summed E-state index contributed by atoms with van der Waals surface area (Å²) < 4.78 is 12.1. The highest BCUT2D eigenvalue weighted by atomic mass is 31.2. The molecule has 0 saturated heterocycles. The van der Waals surface area contributed by atoms with Crippen LogP contribution in [0, 0.1) is 0 Å². The fourth-order valence-electron chi connectivity index (χ4n) is 4.31. The number of likely N-dealkylation sites (N-methyl/N-ethyl adjacent to an activating group) is 1. The van der Waals surface area contributed by atoms with Gasteiger partial charge in [-0.05, 0) is 51.4 Å². The van der Waals surface area contributed by atoms with Gasteiger partial charge in [-0.1, -0.05) is 95.4 Å². The van der Waals surface area contributed by atoms with Crippen LogP contribution in [-0.2, 0) is 4.57 Å². The Balaban J connectivity index is 3.63. The normalized spacial score (nSPS) is 14.9. The molecule has 6 heteroatoms. The molecule has 3 N–H and O–H groups in total. The van der Waals surface area contributed by atoms with E-state index in [1.54, 1.807) is 0 Å². The average molecular weight is 503 g/mol. The predicted molar refractivity (Wildman–Crippen MR) is 147 cm³/mol. The fraction of sp³-hybridized carbons (Fsp3) is 0.857. The van der Waals surface area contributed by atoms with E-state index >= 15 is 0 Å². The van der Waals surface area contributed by atoms with Crippen molar-refractivity contribution in [2.45, 2.75) is 128 Å². The molecule has 0 heterocycles. The van der Waals surface area contributed by atoms with Gasteiger partial charge in [0.05, 0.1) is 21.1 Å². The summed E-state index contributed by atoms with van der Waals surface area (Å²) in [7, 11) is 0.895. The molecule has 0 aromatic heterocycles. The largest absolute Gasteiger partial charge is 0.373 e. The third-order valence-electron chi connectivity index (χ3n) is 6.28. The zero-order valence-electron chi connectivity index (χ0n) is 22.9. The quantitative estimate of drug-likeness (QED) is 0.0578. The van der Waals surface area contributed by atoms with Crippen molar-refractivity contribution < 1.29 is 23.9 Å². The number of unbranched alkanes of at least 4 members (excludes halogenated alkanes) is 14. The maximum Gasteiger partial charge on any atom is 0.362 e. The summed E-state index contributed by atoms with van der Waals surface area (Å²) in [5, 5.41) is 8.57. The molecule has 0 amide bonds. The Hall–Kier alpha value is -0.450. The maximum absolute atomic E-state index is 11.8. The molecule has 0 aliphatic rings. The van der Waals surface area contributed by atoms with Crippen LogP contribution in [0.1, 0.15) is 122 Å². The summed E-state index contributed by atoms with van der Waals surface area (Å²) in [4.78, 5) is 19.2. The summed E-state index contributed by atoms with van der Waals surface area (Å²) in [5.41, 5.74) is 0. The predicted octanol–water partition coefficient (Wildman–Crippen LogP) is 7.71. The van der Waals surface area contributed by atoms with Crippen LogP contribution in [0.4, 0.5) is 0 Å². The molecule has 0 aromatic rings. The highest BCUT2D eigenvalue weighted by Crippen LogP contribution is 2.52. The van der Waals surface area contributed by atoms with E-state index in [2.05, 4.69) is 25.2 Å². The second kappa shape index (κ2) is 19.7. The second-order valence-corrected chi connectivity index (χ2v) is 13.0.